The van der Waals surface area contributed by atoms with E-state index >= 15 is 0 Å². The van der Waals surface area contributed by atoms with Gasteiger partial charge in [0.25, 0.3) is 0 Å². The van der Waals surface area contributed by atoms with Gasteiger partial charge in [0.15, 0.2) is 0 Å². The molecule has 0 aliphatic carbocycles. The van der Waals surface area contributed by atoms with Gasteiger partial charge in [0.2, 0.25) is 0 Å². The van der Waals surface area contributed by atoms with Crippen molar-refractivity contribution in [2.45, 2.75) is 25.9 Å². The Morgan fingerprint density at radius 1 is 1.71 bits per heavy atom. The lowest BCUT2D eigenvalue weighted by Crippen LogP contribution is -2.28. The minimum atomic E-state index is 0.185. The molecule has 2 atom stereocenters. The van der Waals surface area contributed by atoms with E-state index in [1.807, 2.05) is 12.1 Å². The van der Waals surface area contributed by atoms with E-state index in [0.717, 1.165) is 25.3 Å². The molecule has 1 aromatic rings. The zero-order chi connectivity index (χ0) is 9.97. The van der Waals surface area contributed by atoms with Crippen LogP contribution in [0.15, 0.2) is 22.8 Å². The Labute approximate surface area is 83.9 Å². The second-order valence-electron chi connectivity index (χ2n) is 3.81. The molecule has 2 unspecified atom stereocenters. The lowest BCUT2D eigenvalue weighted by molar-refractivity contribution is 0.228. The fourth-order valence-electron chi connectivity index (χ4n) is 2.00. The number of hydrogen-bond donors (Lipinski definition) is 0. The highest BCUT2D eigenvalue weighted by Crippen LogP contribution is 2.24. The third-order valence-electron chi connectivity index (χ3n) is 2.99. The Morgan fingerprint density at radius 2 is 2.57 bits per heavy atom. The van der Waals surface area contributed by atoms with E-state index in [9.17, 15) is 0 Å². The highest BCUT2D eigenvalue weighted by Gasteiger charge is 2.30. The summed E-state index contributed by atoms with van der Waals surface area (Å²) < 4.78 is 5.29. The Kier molecular flexibility index (Phi) is 2.55. The van der Waals surface area contributed by atoms with Gasteiger partial charge in [0.1, 0.15) is 5.76 Å². The lowest BCUT2D eigenvalue weighted by Gasteiger charge is -2.20. The third kappa shape index (κ3) is 1.66. The van der Waals surface area contributed by atoms with E-state index < -0.39 is 0 Å². The van der Waals surface area contributed by atoms with Gasteiger partial charge in [-0.2, -0.15) is 5.26 Å². The van der Waals surface area contributed by atoms with Crippen LogP contribution in [0.25, 0.3) is 0 Å². The first kappa shape index (κ1) is 9.29. The number of furan rings is 1. The average molecular weight is 190 g/mol. The van der Waals surface area contributed by atoms with E-state index in [2.05, 4.69) is 17.9 Å². The van der Waals surface area contributed by atoms with Gasteiger partial charge in [-0.25, -0.2) is 0 Å². The SMILES string of the molecule is CC1C(C#N)CCN1Cc1ccco1. The van der Waals surface area contributed by atoms with Gasteiger partial charge in [-0.3, -0.25) is 4.90 Å². The number of nitrogens with zero attached hydrogens (tertiary/aromatic N) is 2. The molecule has 2 heterocycles. The van der Waals surface area contributed by atoms with Crippen molar-refractivity contribution < 1.29 is 4.42 Å². The highest BCUT2D eigenvalue weighted by atomic mass is 16.3. The summed E-state index contributed by atoms with van der Waals surface area (Å²) in [5, 5.41) is 8.88. The Bertz CT molecular complexity index is 326. The molecular formula is C11H14N2O. The Hall–Kier alpha value is -1.27. The van der Waals surface area contributed by atoms with Gasteiger partial charge in [0.05, 0.1) is 24.8 Å². The lowest BCUT2D eigenvalue weighted by atomic mass is 10.0. The van der Waals surface area contributed by atoms with Crippen LogP contribution in [0, 0.1) is 17.2 Å². The van der Waals surface area contributed by atoms with Gasteiger partial charge >= 0.3 is 0 Å². The summed E-state index contributed by atoms with van der Waals surface area (Å²) in [6, 6.07) is 6.58. The number of hydrogen-bond acceptors (Lipinski definition) is 3. The van der Waals surface area contributed by atoms with Crippen LogP contribution in [0.3, 0.4) is 0 Å². The molecule has 74 valence electrons. The van der Waals surface area contributed by atoms with Crippen molar-refractivity contribution in [1.29, 1.82) is 5.26 Å². The summed E-state index contributed by atoms with van der Waals surface area (Å²) in [6.45, 7) is 3.94. The van der Waals surface area contributed by atoms with Gasteiger partial charge in [-0.05, 0) is 25.5 Å². The molecule has 3 heteroatoms. The van der Waals surface area contributed by atoms with E-state index in [0.29, 0.717) is 6.04 Å². The number of likely N-dealkylation sites (tertiary alicyclic amines) is 1. The van der Waals surface area contributed by atoms with E-state index in [-0.39, 0.29) is 5.92 Å². The fourth-order valence-corrected chi connectivity index (χ4v) is 2.00. The van der Waals surface area contributed by atoms with Crippen LogP contribution >= 0.6 is 0 Å². The van der Waals surface area contributed by atoms with Gasteiger partial charge in [-0.15, -0.1) is 0 Å². The third-order valence-corrected chi connectivity index (χ3v) is 2.99. The minimum Gasteiger partial charge on any atom is -0.468 e. The standard InChI is InChI=1S/C11H14N2O/c1-9-10(7-12)4-5-13(9)8-11-3-2-6-14-11/h2-3,6,9-10H,4-5,8H2,1H3. The fraction of sp³-hybridized carbons (Fsp3) is 0.545. The maximum absolute atomic E-state index is 8.88. The number of nitriles is 1. The molecule has 1 aliphatic heterocycles. The van der Waals surface area contributed by atoms with E-state index in [4.69, 9.17) is 9.68 Å². The van der Waals surface area contributed by atoms with Crippen molar-refractivity contribution in [1.82, 2.24) is 4.90 Å². The second kappa shape index (κ2) is 3.85. The normalized spacial score (nSPS) is 27.7. The molecule has 2 rings (SSSR count). The highest BCUT2D eigenvalue weighted by molar-refractivity contribution is 5.02. The van der Waals surface area contributed by atoms with Crippen molar-refractivity contribution in [3.05, 3.63) is 24.2 Å². The molecule has 0 amide bonds. The van der Waals surface area contributed by atoms with E-state index in [1.54, 1.807) is 6.26 Å². The molecule has 14 heavy (non-hydrogen) atoms. The zero-order valence-electron chi connectivity index (χ0n) is 8.31. The summed E-state index contributed by atoms with van der Waals surface area (Å²) in [4.78, 5) is 2.30. The molecule has 1 fully saturated rings. The first-order valence-corrected chi connectivity index (χ1v) is 4.97. The maximum atomic E-state index is 8.88. The molecule has 3 nitrogen and oxygen atoms in total. The minimum absolute atomic E-state index is 0.185. The van der Waals surface area contributed by atoms with Crippen LogP contribution < -0.4 is 0 Å². The van der Waals surface area contributed by atoms with Gasteiger partial charge in [0, 0.05) is 12.6 Å². The summed E-state index contributed by atoms with van der Waals surface area (Å²) in [5.74, 6) is 1.17. The van der Waals surface area contributed by atoms with Crippen LogP contribution in [0.2, 0.25) is 0 Å². The first-order valence-electron chi connectivity index (χ1n) is 4.97. The van der Waals surface area contributed by atoms with Crippen LogP contribution in [0.1, 0.15) is 19.1 Å². The van der Waals surface area contributed by atoms with Crippen molar-refractivity contribution in [3.63, 3.8) is 0 Å². The molecule has 1 saturated heterocycles. The van der Waals surface area contributed by atoms with Crippen molar-refractivity contribution >= 4 is 0 Å². The second-order valence-corrected chi connectivity index (χ2v) is 3.81. The first-order chi connectivity index (χ1) is 6.81. The average Bonchev–Trinajstić information content (AvgIpc) is 2.79. The zero-order valence-corrected chi connectivity index (χ0v) is 8.31. The van der Waals surface area contributed by atoms with Gasteiger partial charge in [-0.1, -0.05) is 0 Å². The van der Waals surface area contributed by atoms with Crippen LogP contribution in [0.5, 0.6) is 0 Å². The molecular weight excluding hydrogens is 176 g/mol. The molecule has 0 spiro atoms. The summed E-state index contributed by atoms with van der Waals surface area (Å²) >= 11 is 0. The van der Waals surface area contributed by atoms with E-state index in [1.165, 1.54) is 0 Å². The molecule has 0 saturated carbocycles. The topological polar surface area (TPSA) is 40.2 Å². The largest absolute Gasteiger partial charge is 0.468 e. The molecule has 1 aliphatic rings. The molecule has 0 aromatic carbocycles. The van der Waals surface area contributed by atoms with Crippen LogP contribution in [0.4, 0.5) is 0 Å². The van der Waals surface area contributed by atoms with Gasteiger partial charge < -0.3 is 4.42 Å². The molecule has 0 N–H and O–H groups in total. The summed E-state index contributed by atoms with van der Waals surface area (Å²) in [6.07, 6.45) is 2.68. The summed E-state index contributed by atoms with van der Waals surface area (Å²) in [5.41, 5.74) is 0. The Balaban J connectivity index is 1.98. The maximum Gasteiger partial charge on any atom is 0.117 e. The van der Waals surface area contributed by atoms with Crippen LogP contribution in [-0.2, 0) is 6.54 Å². The molecule has 0 radical (unpaired) electrons. The number of rotatable bonds is 2. The van der Waals surface area contributed by atoms with Crippen molar-refractivity contribution in [2.75, 3.05) is 6.54 Å². The monoisotopic (exact) mass is 190 g/mol. The summed E-state index contributed by atoms with van der Waals surface area (Å²) in [7, 11) is 0. The Morgan fingerprint density at radius 3 is 3.14 bits per heavy atom. The predicted octanol–water partition coefficient (Wildman–Crippen LogP) is 2.01. The molecule has 1 aromatic heterocycles. The quantitative estimate of drug-likeness (QED) is 0.716. The van der Waals surface area contributed by atoms with Crippen molar-refractivity contribution in [2.24, 2.45) is 5.92 Å². The smallest absolute Gasteiger partial charge is 0.117 e. The predicted molar refractivity (Wildman–Crippen MR) is 52.3 cm³/mol. The van der Waals surface area contributed by atoms with Crippen molar-refractivity contribution in [3.8, 4) is 6.07 Å². The van der Waals surface area contributed by atoms with Crippen LogP contribution in [-0.4, -0.2) is 17.5 Å². The molecule has 0 bridgehead atoms.